The van der Waals surface area contributed by atoms with E-state index in [0.29, 0.717) is 19.5 Å². The van der Waals surface area contributed by atoms with Crippen LogP contribution in [0.4, 0.5) is 0 Å². The predicted molar refractivity (Wildman–Crippen MR) is 88.9 cm³/mol. The fourth-order valence-electron chi connectivity index (χ4n) is 2.28. The molecule has 2 aromatic carbocycles. The lowest BCUT2D eigenvalue weighted by Gasteiger charge is -2.12. The molecule has 1 amide bonds. The SMILES string of the molecule is NCc1cccc(CNC(=O)[C@@H](N)CCc2ccccc2)c1. The Balaban J connectivity index is 1.78. The fourth-order valence-corrected chi connectivity index (χ4v) is 2.28. The zero-order chi connectivity index (χ0) is 15.8. The molecule has 0 unspecified atom stereocenters. The highest BCUT2D eigenvalue weighted by atomic mass is 16.2. The van der Waals surface area contributed by atoms with Crippen LogP contribution in [0, 0.1) is 0 Å². The molecule has 0 fully saturated rings. The van der Waals surface area contributed by atoms with Crippen LogP contribution < -0.4 is 16.8 Å². The van der Waals surface area contributed by atoms with Crippen molar-refractivity contribution in [3.63, 3.8) is 0 Å². The Kier molecular flexibility index (Phi) is 6.13. The van der Waals surface area contributed by atoms with Crippen LogP contribution >= 0.6 is 0 Å². The second-order valence-electron chi connectivity index (χ2n) is 5.37. The van der Waals surface area contributed by atoms with Gasteiger partial charge in [-0.1, -0.05) is 54.6 Å². The van der Waals surface area contributed by atoms with E-state index in [0.717, 1.165) is 17.5 Å². The van der Waals surface area contributed by atoms with Crippen LogP contribution in [-0.4, -0.2) is 11.9 Å². The van der Waals surface area contributed by atoms with Crippen molar-refractivity contribution < 1.29 is 4.79 Å². The molecule has 0 aliphatic carbocycles. The molecule has 4 heteroatoms. The van der Waals surface area contributed by atoms with Crippen LogP contribution in [0.5, 0.6) is 0 Å². The number of nitrogens with one attached hydrogen (secondary N) is 1. The van der Waals surface area contributed by atoms with Crippen LogP contribution in [0.25, 0.3) is 0 Å². The van der Waals surface area contributed by atoms with Crippen LogP contribution in [-0.2, 0) is 24.3 Å². The summed E-state index contributed by atoms with van der Waals surface area (Å²) in [6.45, 7) is 0.976. The van der Waals surface area contributed by atoms with E-state index in [4.69, 9.17) is 11.5 Å². The van der Waals surface area contributed by atoms with Gasteiger partial charge in [-0.2, -0.15) is 0 Å². The zero-order valence-corrected chi connectivity index (χ0v) is 12.7. The molecular weight excluding hydrogens is 274 g/mol. The van der Waals surface area contributed by atoms with Gasteiger partial charge in [-0.15, -0.1) is 0 Å². The maximum Gasteiger partial charge on any atom is 0.237 e. The summed E-state index contributed by atoms with van der Waals surface area (Å²) < 4.78 is 0. The van der Waals surface area contributed by atoms with Crippen LogP contribution in [0.1, 0.15) is 23.1 Å². The third-order valence-corrected chi connectivity index (χ3v) is 3.62. The van der Waals surface area contributed by atoms with Crippen molar-refractivity contribution >= 4 is 5.91 Å². The Morgan fingerprint density at radius 3 is 2.41 bits per heavy atom. The Labute approximate surface area is 131 Å². The van der Waals surface area contributed by atoms with Crippen LogP contribution in [0.3, 0.4) is 0 Å². The number of hydrogen-bond donors (Lipinski definition) is 3. The number of nitrogens with two attached hydrogens (primary N) is 2. The third-order valence-electron chi connectivity index (χ3n) is 3.62. The number of benzene rings is 2. The van der Waals surface area contributed by atoms with Crippen LogP contribution in [0.15, 0.2) is 54.6 Å². The molecule has 0 aliphatic heterocycles. The standard InChI is InChI=1S/C18H23N3O/c19-12-15-7-4-8-16(11-15)13-21-18(22)17(20)10-9-14-5-2-1-3-6-14/h1-8,11,17H,9-10,12-13,19-20H2,(H,21,22)/t17-/m0/s1. The smallest absolute Gasteiger partial charge is 0.237 e. The number of amides is 1. The number of rotatable bonds is 7. The van der Waals surface area contributed by atoms with Gasteiger partial charge in [0.25, 0.3) is 0 Å². The molecule has 5 N–H and O–H groups in total. The summed E-state index contributed by atoms with van der Waals surface area (Å²) in [5.41, 5.74) is 14.8. The zero-order valence-electron chi connectivity index (χ0n) is 12.7. The van der Waals surface area contributed by atoms with E-state index < -0.39 is 6.04 Å². The van der Waals surface area contributed by atoms with Gasteiger partial charge in [-0.05, 0) is 29.5 Å². The highest BCUT2D eigenvalue weighted by Gasteiger charge is 2.12. The minimum atomic E-state index is -0.488. The van der Waals surface area contributed by atoms with Gasteiger partial charge in [-0.25, -0.2) is 0 Å². The number of hydrogen-bond acceptors (Lipinski definition) is 3. The first-order valence-corrected chi connectivity index (χ1v) is 7.54. The molecule has 1 atom stereocenters. The maximum atomic E-state index is 12.0. The summed E-state index contributed by atoms with van der Waals surface area (Å²) in [6.07, 6.45) is 1.44. The van der Waals surface area contributed by atoms with E-state index in [9.17, 15) is 4.79 Å². The average Bonchev–Trinajstić information content (AvgIpc) is 2.58. The monoisotopic (exact) mass is 297 g/mol. The summed E-state index contributed by atoms with van der Waals surface area (Å²) in [5.74, 6) is -0.117. The molecule has 0 heterocycles. The predicted octanol–water partition coefficient (Wildman–Crippen LogP) is 1.72. The van der Waals surface area contributed by atoms with E-state index in [1.54, 1.807) is 0 Å². The number of carbonyl (C=O) groups is 1. The molecule has 0 radical (unpaired) electrons. The first-order valence-electron chi connectivity index (χ1n) is 7.54. The Morgan fingerprint density at radius 1 is 1.00 bits per heavy atom. The molecular formula is C18H23N3O. The number of aryl methyl sites for hydroxylation is 1. The van der Waals surface area contributed by atoms with E-state index in [1.807, 2.05) is 54.6 Å². The Bertz CT molecular complexity index is 598. The van der Waals surface area contributed by atoms with Crippen molar-refractivity contribution in [1.82, 2.24) is 5.32 Å². The second-order valence-corrected chi connectivity index (χ2v) is 5.37. The van der Waals surface area contributed by atoms with Gasteiger partial charge in [-0.3, -0.25) is 4.79 Å². The first-order chi connectivity index (χ1) is 10.7. The van der Waals surface area contributed by atoms with Gasteiger partial charge in [0.1, 0.15) is 0 Å². The molecule has 0 aromatic heterocycles. The van der Waals surface area contributed by atoms with Crippen molar-refractivity contribution in [1.29, 1.82) is 0 Å². The van der Waals surface area contributed by atoms with E-state index in [-0.39, 0.29) is 5.91 Å². The lowest BCUT2D eigenvalue weighted by molar-refractivity contribution is -0.122. The summed E-state index contributed by atoms with van der Waals surface area (Å²) in [4.78, 5) is 12.0. The molecule has 0 spiro atoms. The van der Waals surface area contributed by atoms with Gasteiger partial charge >= 0.3 is 0 Å². The topological polar surface area (TPSA) is 81.1 Å². The fraction of sp³-hybridized carbons (Fsp3) is 0.278. The molecule has 22 heavy (non-hydrogen) atoms. The third kappa shape index (κ3) is 4.98. The van der Waals surface area contributed by atoms with Crippen molar-refractivity contribution in [3.8, 4) is 0 Å². The average molecular weight is 297 g/mol. The summed E-state index contributed by atoms with van der Waals surface area (Å²) >= 11 is 0. The number of carbonyl (C=O) groups excluding carboxylic acids is 1. The molecule has 0 saturated heterocycles. The molecule has 0 aliphatic rings. The van der Waals surface area contributed by atoms with E-state index >= 15 is 0 Å². The van der Waals surface area contributed by atoms with Crippen molar-refractivity contribution in [2.75, 3.05) is 0 Å². The lowest BCUT2D eigenvalue weighted by atomic mass is 10.1. The van der Waals surface area contributed by atoms with E-state index in [2.05, 4.69) is 5.32 Å². The Hall–Kier alpha value is -2.17. The minimum absolute atomic E-state index is 0.117. The van der Waals surface area contributed by atoms with E-state index in [1.165, 1.54) is 5.56 Å². The molecule has 2 aromatic rings. The molecule has 2 rings (SSSR count). The van der Waals surface area contributed by atoms with Crippen molar-refractivity contribution in [3.05, 3.63) is 71.3 Å². The second kappa shape index (κ2) is 8.32. The molecule has 0 bridgehead atoms. The Morgan fingerprint density at radius 2 is 1.68 bits per heavy atom. The maximum absolute atomic E-state index is 12.0. The normalized spacial score (nSPS) is 11.9. The quantitative estimate of drug-likeness (QED) is 0.728. The van der Waals surface area contributed by atoms with Gasteiger partial charge in [0.15, 0.2) is 0 Å². The highest BCUT2D eigenvalue weighted by Crippen LogP contribution is 2.06. The van der Waals surface area contributed by atoms with Crippen molar-refractivity contribution in [2.45, 2.75) is 32.0 Å². The van der Waals surface area contributed by atoms with Crippen molar-refractivity contribution in [2.24, 2.45) is 11.5 Å². The highest BCUT2D eigenvalue weighted by molar-refractivity contribution is 5.81. The molecule has 0 saturated carbocycles. The molecule has 116 valence electrons. The lowest BCUT2D eigenvalue weighted by Crippen LogP contribution is -2.40. The summed E-state index contributed by atoms with van der Waals surface area (Å²) in [6, 6.07) is 17.4. The van der Waals surface area contributed by atoms with Gasteiger partial charge in [0, 0.05) is 13.1 Å². The summed E-state index contributed by atoms with van der Waals surface area (Å²) in [7, 11) is 0. The first kappa shape index (κ1) is 16.2. The molecule has 4 nitrogen and oxygen atoms in total. The largest absolute Gasteiger partial charge is 0.351 e. The van der Waals surface area contributed by atoms with Gasteiger partial charge in [0.05, 0.1) is 6.04 Å². The van der Waals surface area contributed by atoms with Gasteiger partial charge in [0.2, 0.25) is 5.91 Å². The van der Waals surface area contributed by atoms with Gasteiger partial charge < -0.3 is 16.8 Å². The minimum Gasteiger partial charge on any atom is -0.351 e. The summed E-state index contributed by atoms with van der Waals surface area (Å²) in [5, 5.41) is 2.88. The van der Waals surface area contributed by atoms with Crippen LogP contribution in [0.2, 0.25) is 0 Å².